The highest BCUT2D eigenvalue weighted by Gasteiger charge is 2.44. The molecule has 2 heterocycles. The van der Waals surface area contributed by atoms with Crippen LogP contribution in [0.15, 0.2) is 12.4 Å². The Bertz CT molecular complexity index is 390. The Balaban J connectivity index is 2.51. The van der Waals surface area contributed by atoms with E-state index < -0.39 is 30.3 Å². The normalized spacial score (nSPS) is 34.9. The highest BCUT2D eigenvalue weighted by molar-refractivity contribution is 5.73. The second-order valence-electron chi connectivity index (χ2n) is 3.40. The Labute approximate surface area is 84.2 Å². The van der Waals surface area contributed by atoms with E-state index in [4.69, 9.17) is 5.11 Å². The fraction of sp³-hybridized carbons (Fsp3) is 0.500. The van der Waals surface area contributed by atoms with Crippen LogP contribution in [0.3, 0.4) is 0 Å². The van der Waals surface area contributed by atoms with Crippen molar-refractivity contribution >= 4 is 5.97 Å². The first-order valence-corrected chi connectivity index (χ1v) is 4.33. The van der Waals surface area contributed by atoms with Crippen LogP contribution >= 0.6 is 0 Å². The van der Waals surface area contributed by atoms with Crippen LogP contribution in [0.2, 0.25) is 0 Å². The summed E-state index contributed by atoms with van der Waals surface area (Å²) in [5.41, 5.74) is 0. The maximum Gasteiger partial charge on any atom is 0.329 e. The number of fused-ring (bicyclic) bond motifs is 1. The Morgan fingerprint density at radius 3 is 2.60 bits per heavy atom. The molecule has 0 unspecified atom stereocenters. The van der Waals surface area contributed by atoms with Crippen LogP contribution in [-0.2, 0) is 4.79 Å². The van der Waals surface area contributed by atoms with Crippen molar-refractivity contribution in [1.82, 2.24) is 9.55 Å². The van der Waals surface area contributed by atoms with E-state index in [1.807, 2.05) is 0 Å². The fourth-order valence-corrected chi connectivity index (χ4v) is 1.74. The number of imidazole rings is 1. The molecule has 0 amide bonds. The van der Waals surface area contributed by atoms with E-state index >= 15 is 0 Å². The first-order valence-electron chi connectivity index (χ1n) is 4.33. The lowest BCUT2D eigenvalue weighted by Gasteiger charge is -2.33. The van der Waals surface area contributed by atoms with Gasteiger partial charge in [0.15, 0.2) is 6.04 Å². The third-order valence-corrected chi connectivity index (χ3v) is 2.51. The average molecular weight is 214 g/mol. The summed E-state index contributed by atoms with van der Waals surface area (Å²) in [6.07, 6.45) is -1.82. The quantitative estimate of drug-likeness (QED) is 0.442. The van der Waals surface area contributed by atoms with E-state index in [2.05, 4.69) is 4.98 Å². The van der Waals surface area contributed by atoms with Crippen molar-refractivity contribution in [1.29, 1.82) is 0 Å². The molecule has 0 saturated heterocycles. The van der Waals surface area contributed by atoms with Gasteiger partial charge in [-0.25, -0.2) is 9.78 Å². The van der Waals surface area contributed by atoms with Crippen LogP contribution in [-0.4, -0.2) is 48.2 Å². The van der Waals surface area contributed by atoms with Crippen molar-refractivity contribution < 1.29 is 25.2 Å². The van der Waals surface area contributed by atoms with Gasteiger partial charge in [0, 0.05) is 12.4 Å². The van der Waals surface area contributed by atoms with Gasteiger partial charge < -0.3 is 25.0 Å². The molecular weight excluding hydrogens is 204 g/mol. The molecule has 0 aliphatic carbocycles. The summed E-state index contributed by atoms with van der Waals surface area (Å²) in [6, 6.07) is -1.32. The number of aromatic nitrogens is 2. The minimum atomic E-state index is -1.56. The van der Waals surface area contributed by atoms with Gasteiger partial charge in [-0.15, -0.1) is 0 Å². The number of aliphatic hydroxyl groups is 3. The topological polar surface area (TPSA) is 116 Å². The molecule has 1 aromatic rings. The smallest absolute Gasteiger partial charge is 0.329 e. The van der Waals surface area contributed by atoms with Crippen molar-refractivity contribution in [3.8, 4) is 0 Å². The molecule has 0 aromatic carbocycles. The molecule has 15 heavy (non-hydrogen) atoms. The van der Waals surface area contributed by atoms with E-state index in [1.54, 1.807) is 0 Å². The van der Waals surface area contributed by atoms with Crippen molar-refractivity contribution in [3.05, 3.63) is 18.2 Å². The number of aliphatic hydroxyl groups excluding tert-OH is 3. The lowest BCUT2D eigenvalue weighted by atomic mass is 9.96. The number of hydrogen-bond acceptors (Lipinski definition) is 5. The molecule has 1 aromatic heterocycles. The molecule has 0 saturated carbocycles. The monoisotopic (exact) mass is 214 g/mol. The van der Waals surface area contributed by atoms with Crippen LogP contribution in [0.5, 0.6) is 0 Å². The molecule has 7 heteroatoms. The second-order valence-corrected chi connectivity index (χ2v) is 3.40. The largest absolute Gasteiger partial charge is 0.480 e. The van der Waals surface area contributed by atoms with E-state index in [1.165, 1.54) is 12.4 Å². The molecule has 4 atom stereocenters. The first-order chi connectivity index (χ1) is 7.04. The van der Waals surface area contributed by atoms with Crippen molar-refractivity contribution in [2.45, 2.75) is 24.4 Å². The Morgan fingerprint density at radius 2 is 2.00 bits per heavy atom. The Morgan fingerprint density at radius 1 is 1.33 bits per heavy atom. The molecule has 4 N–H and O–H groups in total. The van der Waals surface area contributed by atoms with Crippen LogP contribution in [0, 0.1) is 0 Å². The van der Waals surface area contributed by atoms with Gasteiger partial charge >= 0.3 is 5.97 Å². The maximum absolute atomic E-state index is 10.9. The summed E-state index contributed by atoms with van der Waals surface area (Å²) >= 11 is 0. The third kappa shape index (κ3) is 1.32. The number of carboxylic acid groups (broad SMARTS) is 1. The van der Waals surface area contributed by atoms with Crippen molar-refractivity contribution in [2.75, 3.05) is 0 Å². The lowest BCUT2D eigenvalue weighted by molar-refractivity contribution is -0.156. The van der Waals surface area contributed by atoms with Crippen LogP contribution in [0.1, 0.15) is 18.0 Å². The molecule has 1 aliphatic rings. The maximum atomic E-state index is 10.9. The number of carboxylic acids is 1. The SMILES string of the molecule is O=C(O)[C@@H]1[C@@H](O)[C@H](O)[C@H](O)c2nccn21. The van der Waals surface area contributed by atoms with Gasteiger partial charge in [-0.05, 0) is 0 Å². The second kappa shape index (κ2) is 3.30. The van der Waals surface area contributed by atoms with Gasteiger partial charge in [-0.2, -0.15) is 0 Å². The molecule has 0 radical (unpaired) electrons. The minimum Gasteiger partial charge on any atom is -0.480 e. The summed E-state index contributed by atoms with van der Waals surface area (Å²) in [6.45, 7) is 0. The number of aliphatic carboxylic acids is 1. The molecule has 82 valence electrons. The van der Waals surface area contributed by atoms with E-state index in [0.717, 1.165) is 4.57 Å². The zero-order chi connectivity index (χ0) is 11.2. The van der Waals surface area contributed by atoms with E-state index in [9.17, 15) is 20.1 Å². The van der Waals surface area contributed by atoms with E-state index in [-0.39, 0.29) is 5.82 Å². The highest BCUT2D eigenvalue weighted by Crippen LogP contribution is 2.31. The van der Waals surface area contributed by atoms with Gasteiger partial charge in [0.2, 0.25) is 0 Å². The fourth-order valence-electron chi connectivity index (χ4n) is 1.74. The molecule has 7 nitrogen and oxygen atoms in total. The van der Waals surface area contributed by atoms with Gasteiger partial charge in [0.05, 0.1) is 0 Å². The first kappa shape index (κ1) is 10.1. The minimum absolute atomic E-state index is 0.0419. The highest BCUT2D eigenvalue weighted by atomic mass is 16.4. The molecule has 0 fully saturated rings. The predicted molar refractivity (Wildman–Crippen MR) is 45.9 cm³/mol. The third-order valence-electron chi connectivity index (χ3n) is 2.51. The number of rotatable bonds is 1. The summed E-state index contributed by atoms with van der Waals surface area (Å²) in [5.74, 6) is -1.24. The van der Waals surface area contributed by atoms with E-state index in [0.29, 0.717) is 0 Å². The average Bonchev–Trinajstić information content (AvgIpc) is 2.62. The number of hydrogen-bond donors (Lipinski definition) is 4. The van der Waals surface area contributed by atoms with Gasteiger partial charge in [0.25, 0.3) is 0 Å². The lowest BCUT2D eigenvalue weighted by Crippen LogP contribution is -2.47. The summed E-state index contributed by atoms with van der Waals surface area (Å²) in [4.78, 5) is 14.6. The van der Waals surface area contributed by atoms with Gasteiger partial charge in [0.1, 0.15) is 24.1 Å². The predicted octanol–water partition coefficient (Wildman–Crippen LogP) is -1.72. The Kier molecular flexibility index (Phi) is 2.22. The summed E-state index contributed by atoms with van der Waals surface area (Å²) in [7, 11) is 0. The Hall–Kier alpha value is -1.44. The molecule has 1 aliphatic heterocycles. The van der Waals surface area contributed by atoms with Crippen LogP contribution < -0.4 is 0 Å². The van der Waals surface area contributed by atoms with Crippen LogP contribution in [0.25, 0.3) is 0 Å². The summed E-state index contributed by atoms with van der Waals surface area (Å²) < 4.78 is 1.14. The zero-order valence-corrected chi connectivity index (χ0v) is 7.56. The van der Waals surface area contributed by atoms with Gasteiger partial charge in [-0.3, -0.25) is 0 Å². The van der Waals surface area contributed by atoms with Crippen molar-refractivity contribution in [2.24, 2.45) is 0 Å². The number of carbonyl (C=O) groups is 1. The van der Waals surface area contributed by atoms with Crippen LogP contribution in [0.4, 0.5) is 0 Å². The molecule has 0 bridgehead atoms. The molecule has 0 spiro atoms. The zero-order valence-electron chi connectivity index (χ0n) is 7.56. The number of nitrogens with zero attached hydrogens (tertiary/aromatic N) is 2. The standard InChI is InChI=1S/C8H10N2O5/c11-4-3(8(14)15)10-2-1-9-7(10)6(13)5(4)12/h1-6,11-13H,(H,14,15)/t3-,4+,5-,6-/m0/s1. The molecule has 2 rings (SSSR count). The molecular formula is C8H10N2O5. The van der Waals surface area contributed by atoms with Gasteiger partial charge in [-0.1, -0.05) is 0 Å². The van der Waals surface area contributed by atoms with Crippen molar-refractivity contribution in [3.63, 3.8) is 0 Å². The summed E-state index contributed by atoms with van der Waals surface area (Å²) in [5, 5.41) is 37.3.